The summed E-state index contributed by atoms with van der Waals surface area (Å²) in [4.78, 5) is 50.1. The van der Waals surface area contributed by atoms with Crippen LogP contribution in [0, 0.1) is 13.8 Å². The minimum absolute atomic E-state index is 0.00186. The van der Waals surface area contributed by atoms with Crippen molar-refractivity contribution in [2.45, 2.75) is 13.8 Å². The van der Waals surface area contributed by atoms with Crippen molar-refractivity contribution in [3.05, 3.63) is 84.5 Å². The van der Waals surface area contributed by atoms with Crippen LogP contribution in [0.5, 0.6) is 0 Å². The molecular formula is C30H26N20O4. The molecule has 0 aliphatic rings. The first-order valence-corrected chi connectivity index (χ1v) is 15.5. The number of Topliss-reactive ketones (excluding diaryl/α,β-unsaturated/α-hetero) is 1. The van der Waals surface area contributed by atoms with Gasteiger partial charge in [-0.1, -0.05) is 0 Å². The summed E-state index contributed by atoms with van der Waals surface area (Å²) in [5.74, 6) is -0.246. The molecule has 0 spiro atoms. The van der Waals surface area contributed by atoms with Crippen LogP contribution in [0.15, 0.2) is 82.4 Å². The topological polar surface area (TPSA) is 314 Å². The van der Waals surface area contributed by atoms with Gasteiger partial charge in [0.2, 0.25) is 0 Å². The predicted molar refractivity (Wildman–Crippen MR) is 184 cm³/mol. The van der Waals surface area contributed by atoms with E-state index in [0.29, 0.717) is 11.4 Å². The van der Waals surface area contributed by atoms with Gasteiger partial charge in [-0.25, -0.2) is 24.7 Å². The molecule has 270 valence electrons. The van der Waals surface area contributed by atoms with E-state index in [2.05, 4.69) is 70.8 Å². The van der Waals surface area contributed by atoms with Crippen molar-refractivity contribution in [3.63, 3.8) is 0 Å². The number of hydrogen-bond donors (Lipinski definition) is 3. The van der Waals surface area contributed by atoms with Gasteiger partial charge in [-0.05, 0) is 13.8 Å². The first-order chi connectivity index (χ1) is 26.2. The monoisotopic (exact) mass is 730 g/mol. The number of ketones is 1. The lowest BCUT2D eigenvalue weighted by atomic mass is 10.2. The number of hydrogen-bond acceptors (Lipinski definition) is 20. The highest BCUT2D eigenvalue weighted by molar-refractivity contribution is 6.00. The van der Waals surface area contributed by atoms with Gasteiger partial charge in [0.15, 0.2) is 63.7 Å². The number of aliphatic hydroxyl groups is 1. The number of aromatic nitrogens is 14. The number of anilines is 2. The van der Waals surface area contributed by atoms with Crippen LogP contribution in [0.1, 0.15) is 32.1 Å². The van der Waals surface area contributed by atoms with Crippen LogP contribution in [0.2, 0.25) is 0 Å². The Labute approximate surface area is 302 Å². The number of rotatable bonds is 11. The summed E-state index contributed by atoms with van der Waals surface area (Å²) in [6, 6.07) is 1.52. The zero-order chi connectivity index (χ0) is 37.9. The SMILES string of the molecule is COC(=O)c1cnn(-c2cnccn2)c1N=Nc1c(C)nn(-c2cc(-n3nc(C)c(N=Nc4c(C(=O)CO)cnn4-c4cnccn4)c3N)ncn2)c1N. The van der Waals surface area contributed by atoms with E-state index in [-0.39, 0.29) is 69.0 Å². The molecule has 0 unspecified atom stereocenters. The van der Waals surface area contributed by atoms with E-state index in [9.17, 15) is 14.7 Å². The van der Waals surface area contributed by atoms with Crippen LogP contribution in [-0.2, 0) is 4.74 Å². The molecule has 7 heterocycles. The molecule has 24 nitrogen and oxygen atoms in total. The van der Waals surface area contributed by atoms with Crippen LogP contribution in [0.3, 0.4) is 0 Å². The molecule has 0 aliphatic carbocycles. The lowest BCUT2D eigenvalue weighted by Crippen LogP contribution is -2.09. The number of aliphatic hydroxyl groups excluding tert-OH is 1. The number of carbonyl (C=O) groups excluding carboxylic acids is 2. The van der Waals surface area contributed by atoms with Crippen LogP contribution >= 0.6 is 0 Å². The van der Waals surface area contributed by atoms with Gasteiger partial charge < -0.3 is 21.3 Å². The number of carbonyl (C=O) groups is 2. The lowest BCUT2D eigenvalue weighted by Gasteiger charge is -2.07. The summed E-state index contributed by atoms with van der Waals surface area (Å²) in [5, 5.41) is 44.0. The van der Waals surface area contributed by atoms with Crippen molar-refractivity contribution < 1.29 is 19.4 Å². The van der Waals surface area contributed by atoms with Crippen molar-refractivity contribution in [2.75, 3.05) is 25.2 Å². The molecule has 0 saturated heterocycles. The van der Waals surface area contributed by atoms with Crippen molar-refractivity contribution >= 4 is 46.4 Å². The Kier molecular flexibility index (Phi) is 9.12. The first-order valence-electron chi connectivity index (χ1n) is 15.5. The molecule has 0 aliphatic heterocycles. The van der Waals surface area contributed by atoms with Crippen molar-refractivity contribution in [2.24, 2.45) is 20.5 Å². The van der Waals surface area contributed by atoms with Gasteiger partial charge in [0.05, 0.1) is 48.8 Å². The standard InChI is InChI=1S/C30H26N20O4/c1-15-24(41-43-28-17(19(52)13-51)9-39-49(28)22-11-33-4-6-35-22)26(31)47(45-15)20-8-21(38-14-37-20)48-27(32)25(16(2)46-48)42-44-29-18(30(53)54-3)10-40-50(29)23-12-34-5-7-36-23/h4-12,14,51H,13,31-32H2,1-3H3. The maximum atomic E-state index is 12.5. The van der Waals surface area contributed by atoms with Crippen LogP contribution in [-0.4, -0.2) is 99.6 Å². The first kappa shape index (κ1) is 34.4. The third kappa shape index (κ3) is 6.25. The van der Waals surface area contributed by atoms with Crippen molar-refractivity contribution in [1.29, 1.82) is 0 Å². The molecule has 0 amide bonds. The summed E-state index contributed by atoms with van der Waals surface area (Å²) in [6.07, 6.45) is 12.5. The molecule has 5 N–H and O–H groups in total. The highest BCUT2D eigenvalue weighted by Gasteiger charge is 2.23. The fourth-order valence-electron chi connectivity index (χ4n) is 4.98. The van der Waals surface area contributed by atoms with Gasteiger partial charge in [-0.15, -0.1) is 20.5 Å². The summed E-state index contributed by atoms with van der Waals surface area (Å²) >= 11 is 0. The number of esters is 1. The second-order valence-electron chi connectivity index (χ2n) is 10.9. The third-order valence-electron chi connectivity index (χ3n) is 7.56. The Balaban J connectivity index is 1.21. The van der Waals surface area contributed by atoms with Gasteiger partial charge in [-0.2, -0.15) is 39.1 Å². The zero-order valence-electron chi connectivity index (χ0n) is 28.4. The molecule has 54 heavy (non-hydrogen) atoms. The summed E-state index contributed by atoms with van der Waals surface area (Å²) < 4.78 is 10.0. The van der Waals surface area contributed by atoms with Gasteiger partial charge in [0.25, 0.3) is 0 Å². The third-order valence-corrected chi connectivity index (χ3v) is 7.56. The molecule has 0 saturated carbocycles. The average molecular weight is 731 g/mol. The van der Waals surface area contributed by atoms with Crippen LogP contribution in [0.4, 0.5) is 34.6 Å². The molecule has 24 heteroatoms. The van der Waals surface area contributed by atoms with E-state index in [1.54, 1.807) is 13.8 Å². The number of aryl methyl sites for hydroxylation is 2. The maximum Gasteiger partial charge on any atom is 0.343 e. The van der Waals surface area contributed by atoms with E-state index in [1.807, 2.05) is 0 Å². The van der Waals surface area contributed by atoms with Crippen LogP contribution in [0.25, 0.3) is 23.3 Å². The van der Waals surface area contributed by atoms with E-state index < -0.39 is 18.4 Å². The van der Waals surface area contributed by atoms with Crippen LogP contribution < -0.4 is 11.5 Å². The fraction of sp³-hybridized carbons (Fsp3) is 0.133. The predicted octanol–water partition coefficient (Wildman–Crippen LogP) is 2.37. The largest absolute Gasteiger partial charge is 0.465 e. The lowest BCUT2D eigenvalue weighted by molar-refractivity contribution is 0.0601. The molecule has 0 bridgehead atoms. The van der Waals surface area contributed by atoms with Gasteiger partial charge in [0.1, 0.15) is 18.5 Å². The highest BCUT2D eigenvalue weighted by atomic mass is 16.5. The number of methoxy groups -OCH3 is 1. The normalized spacial score (nSPS) is 11.6. The molecule has 0 atom stereocenters. The summed E-state index contributed by atoms with van der Waals surface area (Å²) in [5.41, 5.74) is 14.1. The average Bonchev–Trinajstić information content (AvgIpc) is 3.96. The highest BCUT2D eigenvalue weighted by Crippen LogP contribution is 2.34. The Bertz CT molecular complexity index is 2400. The molecule has 0 radical (unpaired) electrons. The second-order valence-corrected chi connectivity index (χ2v) is 10.9. The van der Waals surface area contributed by atoms with Crippen molar-refractivity contribution in [1.82, 2.24) is 69.0 Å². The van der Waals surface area contributed by atoms with Gasteiger partial charge in [0, 0.05) is 30.9 Å². The number of nitrogens with two attached hydrogens (primary N) is 2. The summed E-state index contributed by atoms with van der Waals surface area (Å²) in [6.45, 7) is 2.53. The molecule has 7 rings (SSSR count). The number of ether oxygens (including phenoxy) is 1. The Morgan fingerprint density at radius 3 is 1.65 bits per heavy atom. The van der Waals surface area contributed by atoms with E-state index in [1.165, 1.54) is 87.8 Å². The molecule has 0 aromatic carbocycles. The smallest absolute Gasteiger partial charge is 0.343 e. The zero-order valence-corrected chi connectivity index (χ0v) is 28.4. The molecule has 0 fully saturated rings. The minimum Gasteiger partial charge on any atom is -0.465 e. The molecule has 7 aromatic heterocycles. The number of azo groups is 2. The quantitative estimate of drug-likeness (QED) is 0.0977. The molecular weight excluding hydrogens is 704 g/mol. The van der Waals surface area contributed by atoms with Gasteiger partial charge in [-0.3, -0.25) is 14.8 Å². The number of nitrogens with zero attached hydrogens (tertiary/aromatic N) is 18. The van der Waals surface area contributed by atoms with Gasteiger partial charge >= 0.3 is 5.97 Å². The fourth-order valence-corrected chi connectivity index (χ4v) is 4.98. The van der Waals surface area contributed by atoms with E-state index in [4.69, 9.17) is 16.2 Å². The maximum absolute atomic E-state index is 12.5. The Morgan fingerprint density at radius 1 is 0.685 bits per heavy atom. The van der Waals surface area contributed by atoms with Crippen molar-refractivity contribution in [3.8, 4) is 23.3 Å². The minimum atomic E-state index is -0.777. The Morgan fingerprint density at radius 2 is 1.19 bits per heavy atom. The molecule has 7 aromatic rings. The van der Waals surface area contributed by atoms with E-state index in [0.717, 1.165) is 0 Å². The van der Waals surface area contributed by atoms with E-state index >= 15 is 0 Å². The summed E-state index contributed by atoms with van der Waals surface area (Å²) in [7, 11) is 1.23. The second kappa shape index (κ2) is 14.3. The Hall–Kier alpha value is -8.02. The number of nitrogen functional groups attached to an aromatic ring is 2.